The van der Waals surface area contributed by atoms with E-state index >= 15 is 0 Å². The topological polar surface area (TPSA) is 90.5 Å². The van der Waals surface area contributed by atoms with E-state index in [4.69, 9.17) is 0 Å². The number of carbonyl (C=O) groups excluding carboxylic acids is 2. The van der Waals surface area contributed by atoms with Gasteiger partial charge >= 0.3 is 0 Å². The monoisotopic (exact) mass is 525 g/mol. The minimum Gasteiger partial charge on any atom is -0.351 e. The smallest absolute Gasteiger partial charge is 0.270 e. The molecule has 0 unspecified atom stereocenters. The number of halogens is 1. The molecule has 0 bridgehead atoms. The highest BCUT2D eigenvalue weighted by Gasteiger charge is 2.32. The molecule has 0 radical (unpaired) electrons. The van der Waals surface area contributed by atoms with Crippen LogP contribution in [0.4, 0.5) is 4.39 Å². The summed E-state index contributed by atoms with van der Waals surface area (Å²) in [6.07, 6.45) is 5.54. The Morgan fingerprint density at radius 2 is 1.73 bits per heavy atom. The lowest BCUT2D eigenvalue weighted by Gasteiger charge is -2.33. The number of Topliss-reactive ketones (excluding diaryl/α,β-unsaturated/α-hetero) is 1. The molecule has 3 heterocycles. The van der Waals surface area contributed by atoms with Crippen LogP contribution in [0.3, 0.4) is 0 Å². The zero-order valence-corrected chi connectivity index (χ0v) is 21.8. The van der Waals surface area contributed by atoms with Crippen molar-refractivity contribution in [1.29, 1.82) is 0 Å². The Morgan fingerprint density at radius 3 is 2.43 bits per heavy atom. The zero-order chi connectivity index (χ0) is 26.2. The Morgan fingerprint density at radius 1 is 1.00 bits per heavy atom. The van der Waals surface area contributed by atoms with E-state index in [1.807, 2.05) is 4.90 Å². The number of carbonyl (C=O) groups is 2. The summed E-state index contributed by atoms with van der Waals surface area (Å²) in [4.78, 5) is 33.8. The van der Waals surface area contributed by atoms with E-state index in [-0.39, 0.29) is 34.4 Å². The Hall–Kier alpha value is -3.04. The molecular formula is C28H32FN3O4S. The number of sulfone groups is 1. The number of ketones is 1. The largest absolute Gasteiger partial charge is 0.351 e. The van der Waals surface area contributed by atoms with Crippen molar-refractivity contribution in [3.05, 3.63) is 65.6 Å². The highest BCUT2D eigenvalue weighted by Crippen LogP contribution is 2.27. The van der Waals surface area contributed by atoms with Crippen LogP contribution in [0.15, 0.2) is 53.4 Å². The zero-order valence-electron chi connectivity index (χ0n) is 21.0. The van der Waals surface area contributed by atoms with E-state index in [9.17, 15) is 22.4 Å². The molecule has 1 N–H and O–H groups in total. The number of piperidine rings is 1. The van der Waals surface area contributed by atoms with Gasteiger partial charge in [0.2, 0.25) is 0 Å². The van der Waals surface area contributed by atoms with Crippen LogP contribution in [-0.4, -0.2) is 73.4 Å². The van der Waals surface area contributed by atoms with E-state index < -0.39 is 9.84 Å². The first-order valence-corrected chi connectivity index (χ1v) is 14.7. The lowest BCUT2D eigenvalue weighted by atomic mass is 9.88. The molecule has 0 spiro atoms. The van der Waals surface area contributed by atoms with E-state index in [2.05, 4.69) is 9.88 Å². The van der Waals surface area contributed by atoms with Crippen LogP contribution >= 0.6 is 0 Å². The Balaban J connectivity index is 1.16. The number of amides is 1. The van der Waals surface area contributed by atoms with Crippen molar-refractivity contribution in [3.8, 4) is 0 Å². The number of benzene rings is 2. The first kappa shape index (κ1) is 25.6. The SMILES string of the molecule is CS(=O)(=O)c1ccc2[nH]c(C(=O)N3CCC[C@H]3CCN3CCC(C(=O)c4ccc(F)cc4)CC3)cc2c1. The van der Waals surface area contributed by atoms with Gasteiger partial charge in [-0.1, -0.05) is 0 Å². The van der Waals surface area contributed by atoms with Gasteiger partial charge in [-0.05, 0) is 93.7 Å². The highest BCUT2D eigenvalue weighted by atomic mass is 32.2. The number of fused-ring (bicyclic) bond motifs is 1. The second-order valence-electron chi connectivity index (χ2n) is 10.3. The van der Waals surface area contributed by atoms with Gasteiger partial charge in [-0.15, -0.1) is 0 Å². The molecule has 0 aliphatic carbocycles. The van der Waals surface area contributed by atoms with Crippen molar-refractivity contribution in [2.75, 3.05) is 32.4 Å². The van der Waals surface area contributed by atoms with Crippen molar-refractivity contribution in [1.82, 2.24) is 14.8 Å². The third-order valence-electron chi connectivity index (χ3n) is 7.75. The molecule has 1 atom stereocenters. The number of hydrogen-bond acceptors (Lipinski definition) is 5. The van der Waals surface area contributed by atoms with Crippen molar-refractivity contribution < 1.29 is 22.4 Å². The van der Waals surface area contributed by atoms with Gasteiger partial charge in [-0.25, -0.2) is 12.8 Å². The van der Waals surface area contributed by atoms with E-state index in [1.165, 1.54) is 18.4 Å². The van der Waals surface area contributed by atoms with E-state index in [0.29, 0.717) is 23.2 Å². The molecule has 0 saturated carbocycles. The van der Waals surface area contributed by atoms with Gasteiger partial charge in [0.05, 0.1) is 4.90 Å². The molecule has 37 heavy (non-hydrogen) atoms. The Labute approximate surface area is 216 Å². The maximum atomic E-state index is 13.3. The summed E-state index contributed by atoms with van der Waals surface area (Å²) < 4.78 is 36.9. The summed E-state index contributed by atoms with van der Waals surface area (Å²) in [5.41, 5.74) is 1.79. The van der Waals surface area contributed by atoms with Gasteiger partial charge < -0.3 is 14.8 Å². The van der Waals surface area contributed by atoms with Gasteiger partial charge in [0.15, 0.2) is 15.6 Å². The number of hydrogen-bond donors (Lipinski definition) is 1. The predicted octanol–water partition coefficient (Wildman–Crippen LogP) is 4.30. The highest BCUT2D eigenvalue weighted by molar-refractivity contribution is 7.90. The van der Waals surface area contributed by atoms with E-state index in [1.54, 1.807) is 36.4 Å². The van der Waals surface area contributed by atoms with Gasteiger partial charge in [-0.2, -0.15) is 0 Å². The number of nitrogens with one attached hydrogen (secondary N) is 1. The first-order chi connectivity index (χ1) is 17.7. The second-order valence-corrected chi connectivity index (χ2v) is 12.3. The van der Waals surface area contributed by atoms with Gasteiger partial charge in [-0.3, -0.25) is 9.59 Å². The van der Waals surface area contributed by atoms with Gasteiger partial charge in [0.25, 0.3) is 5.91 Å². The number of rotatable bonds is 7. The standard InChI is InChI=1S/C28H32FN3O4S/c1-37(35,36)24-8-9-25-21(17-24)18-26(30-25)28(34)32-13-2-3-23(32)12-16-31-14-10-20(11-15-31)27(33)19-4-6-22(29)7-5-19/h4-9,17-18,20,23,30H,2-3,10-16H2,1H3/t23-/m0/s1. The molecule has 3 aromatic rings. The van der Waals surface area contributed by atoms with Crippen molar-refractivity contribution in [2.45, 2.75) is 43.0 Å². The van der Waals surface area contributed by atoms with Crippen LogP contribution < -0.4 is 0 Å². The summed E-state index contributed by atoms with van der Waals surface area (Å²) in [7, 11) is -3.32. The molecule has 1 aromatic heterocycles. The normalized spacial score (nSPS) is 19.5. The number of H-pyrrole nitrogens is 1. The van der Waals surface area contributed by atoms with Crippen LogP contribution in [0.5, 0.6) is 0 Å². The summed E-state index contributed by atoms with van der Waals surface area (Å²) in [6.45, 7) is 3.25. The molecule has 5 rings (SSSR count). The van der Waals surface area contributed by atoms with Crippen LogP contribution in [0, 0.1) is 11.7 Å². The average molecular weight is 526 g/mol. The van der Waals surface area contributed by atoms with Crippen LogP contribution in [0.25, 0.3) is 10.9 Å². The lowest BCUT2D eigenvalue weighted by molar-refractivity contribution is 0.0700. The summed E-state index contributed by atoms with van der Waals surface area (Å²) in [6, 6.07) is 12.5. The fraction of sp³-hybridized carbons (Fsp3) is 0.429. The average Bonchev–Trinajstić information content (AvgIpc) is 3.53. The molecule has 9 heteroatoms. The molecule has 2 saturated heterocycles. The summed E-state index contributed by atoms with van der Waals surface area (Å²) in [5, 5.41) is 0.708. The molecule has 196 valence electrons. The maximum absolute atomic E-state index is 13.3. The first-order valence-electron chi connectivity index (χ1n) is 12.8. The van der Waals surface area contributed by atoms with Crippen molar-refractivity contribution in [2.24, 2.45) is 5.92 Å². The fourth-order valence-electron chi connectivity index (χ4n) is 5.61. The Kier molecular flexibility index (Phi) is 7.18. The van der Waals surface area contributed by atoms with Crippen LogP contribution in [0.2, 0.25) is 0 Å². The van der Waals surface area contributed by atoms with Crippen molar-refractivity contribution >= 4 is 32.4 Å². The van der Waals surface area contributed by atoms with Crippen molar-refractivity contribution in [3.63, 3.8) is 0 Å². The molecule has 2 aliphatic rings. The van der Waals surface area contributed by atoms with Crippen LogP contribution in [-0.2, 0) is 9.84 Å². The molecule has 1 amide bonds. The fourth-order valence-corrected chi connectivity index (χ4v) is 6.27. The lowest BCUT2D eigenvalue weighted by Crippen LogP contribution is -2.41. The molecule has 7 nitrogen and oxygen atoms in total. The minimum atomic E-state index is -3.32. The number of nitrogens with zero attached hydrogens (tertiary/aromatic N) is 2. The number of aromatic amines is 1. The summed E-state index contributed by atoms with van der Waals surface area (Å²) in [5.74, 6) is -0.328. The number of aromatic nitrogens is 1. The van der Waals surface area contributed by atoms with E-state index in [0.717, 1.165) is 57.3 Å². The third-order valence-corrected chi connectivity index (χ3v) is 8.86. The maximum Gasteiger partial charge on any atom is 0.270 e. The van der Waals surface area contributed by atoms with Gasteiger partial charge in [0.1, 0.15) is 11.5 Å². The van der Waals surface area contributed by atoms with Gasteiger partial charge in [0, 0.05) is 47.8 Å². The molecule has 2 aromatic carbocycles. The summed E-state index contributed by atoms with van der Waals surface area (Å²) >= 11 is 0. The molecule has 2 aliphatic heterocycles. The Bertz CT molecular complexity index is 1410. The second kappa shape index (κ2) is 10.4. The predicted molar refractivity (Wildman–Crippen MR) is 140 cm³/mol. The third kappa shape index (κ3) is 5.62. The molecule has 2 fully saturated rings. The quantitative estimate of drug-likeness (QED) is 0.465. The number of likely N-dealkylation sites (tertiary alicyclic amines) is 2. The minimum absolute atomic E-state index is 0.0310. The molecular weight excluding hydrogens is 493 g/mol. The van der Waals surface area contributed by atoms with Crippen LogP contribution in [0.1, 0.15) is 53.0 Å².